The number of hydrogen-bond donors (Lipinski definition) is 2. The molecule has 2 aromatic carbocycles. The second-order valence-electron chi connectivity index (χ2n) is 5.89. The Morgan fingerprint density at radius 2 is 1.89 bits per heavy atom. The molecule has 0 unspecified atom stereocenters. The Kier molecular flexibility index (Phi) is 5.21. The highest BCUT2D eigenvalue weighted by Gasteiger charge is 2.09. The number of methoxy groups -OCH3 is 1. The normalized spacial score (nSPS) is 11.4. The van der Waals surface area contributed by atoms with E-state index in [1.165, 1.54) is 0 Å². The van der Waals surface area contributed by atoms with Crippen LogP contribution in [0.25, 0.3) is 22.3 Å². The van der Waals surface area contributed by atoms with E-state index >= 15 is 0 Å². The van der Waals surface area contributed by atoms with Crippen LogP contribution < -0.4 is 15.4 Å². The predicted octanol–water partition coefficient (Wildman–Crippen LogP) is 3.11. The van der Waals surface area contributed by atoms with Crippen molar-refractivity contribution in [2.75, 3.05) is 13.7 Å². The zero-order valence-corrected chi connectivity index (χ0v) is 14.9. The van der Waals surface area contributed by atoms with Crippen molar-refractivity contribution in [1.29, 1.82) is 0 Å². The first-order chi connectivity index (χ1) is 13.0. The van der Waals surface area contributed by atoms with E-state index in [-0.39, 0.29) is 0 Å². The molecule has 3 aromatic rings. The molecular formula is C20H18N2O5. The molecule has 0 fully saturated rings. The Morgan fingerprint density at radius 3 is 2.56 bits per heavy atom. The Balaban J connectivity index is 2.12. The molecule has 27 heavy (non-hydrogen) atoms. The molecule has 7 heteroatoms. The highest BCUT2D eigenvalue weighted by molar-refractivity contribution is 5.84. The number of amides is 2. The van der Waals surface area contributed by atoms with Gasteiger partial charge in [-0.15, -0.1) is 0 Å². The summed E-state index contributed by atoms with van der Waals surface area (Å²) < 4.78 is 11.1. The summed E-state index contributed by atoms with van der Waals surface area (Å²) in [7, 11) is 1.59. The van der Waals surface area contributed by atoms with E-state index in [0.717, 1.165) is 11.1 Å². The number of hydrogen-bond acceptors (Lipinski definition) is 4. The van der Waals surface area contributed by atoms with Crippen LogP contribution in [-0.2, 0) is 4.79 Å². The molecule has 7 nitrogen and oxygen atoms in total. The highest BCUT2D eigenvalue weighted by Crippen LogP contribution is 2.24. The smallest absolute Gasteiger partial charge is 0.342 e. The lowest BCUT2D eigenvalue weighted by Crippen LogP contribution is -2.28. The second-order valence-corrected chi connectivity index (χ2v) is 5.89. The minimum atomic E-state index is -1.14. The number of aryl methyl sites for hydroxylation is 1. The van der Waals surface area contributed by atoms with Gasteiger partial charge in [0.1, 0.15) is 23.6 Å². The average Bonchev–Trinajstić information content (AvgIpc) is 2.66. The van der Waals surface area contributed by atoms with Crippen molar-refractivity contribution in [2.45, 2.75) is 6.92 Å². The fourth-order valence-electron chi connectivity index (χ4n) is 2.57. The van der Waals surface area contributed by atoms with Crippen molar-refractivity contribution in [2.24, 2.45) is 4.99 Å². The van der Waals surface area contributed by atoms with Crippen molar-refractivity contribution in [3.05, 3.63) is 59.5 Å². The monoisotopic (exact) mass is 366 g/mol. The number of aliphatic carboxylic acids is 1. The van der Waals surface area contributed by atoms with Crippen LogP contribution >= 0.6 is 0 Å². The van der Waals surface area contributed by atoms with Crippen molar-refractivity contribution < 1.29 is 23.8 Å². The van der Waals surface area contributed by atoms with Gasteiger partial charge < -0.3 is 19.6 Å². The van der Waals surface area contributed by atoms with E-state index in [2.05, 4.69) is 10.3 Å². The molecule has 0 aliphatic heterocycles. The third kappa shape index (κ3) is 4.33. The van der Waals surface area contributed by atoms with Gasteiger partial charge in [-0.1, -0.05) is 11.6 Å². The minimum Gasteiger partial charge on any atom is -0.497 e. The van der Waals surface area contributed by atoms with Crippen LogP contribution in [0.15, 0.2) is 57.9 Å². The number of urea groups is 1. The van der Waals surface area contributed by atoms with E-state index in [1.54, 1.807) is 25.3 Å². The zero-order chi connectivity index (χ0) is 19.4. The molecule has 2 N–H and O–H groups in total. The molecule has 1 aromatic heterocycles. The number of carbonyl (C=O) groups excluding carboxylic acids is 1. The Labute approximate surface area is 154 Å². The summed E-state index contributed by atoms with van der Waals surface area (Å²) >= 11 is 0. The van der Waals surface area contributed by atoms with E-state index in [4.69, 9.17) is 14.3 Å². The molecule has 138 valence electrons. The van der Waals surface area contributed by atoms with Gasteiger partial charge in [-0.25, -0.2) is 4.79 Å². The number of fused-ring (bicyclic) bond motifs is 1. The van der Waals surface area contributed by atoms with Gasteiger partial charge in [0, 0.05) is 17.0 Å². The number of ether oxygens (including phenoxy) is 1. The number of nitrogens with zero attached hydrogens (tertiary/aromatic N) is 1. The molecule has 0 aliphatic rings. The number of carboxylic acids is 1. The summed E-state index contributed by atoms with van der Waals surface area (Å²) in [6.07, 6.45) is 0. The summed E-state index contributed by atoms with van der Waals surface area (Å²) in [6, 6.07) is 13.8. The van der Waals surface area contributed by atoms with E-state index in [0.29, 0.717) is 27.8 Å². The van der Waals surface area contributed by atoms with Crippen LogP contribution in [0.3, 0.4) is 0 Å². The first-order valence-electron chi connectivity index (χ1n) is 8.19. The van der Waals surface area contributed by atoms with Gasteiger partial charge in [-0.05, 0) is 43.3 Å². The number of benzene rings is 2. The first kappa shape index (κ1) is 18.2. The van der Waals surface area contributed by atoms with Crippen LogP contribution in [-0.4, -0.2) is 30.8 Å². The average molecular weight is 366 g/mol. The van der Waals surface area contributed by atoms with E-state index in [9.17, 15) is 9.59 Å². The van der Waals surface area contributed by atoms with Gasteiger partial charge in [-0.3, -0.25) is 4.79 Å². The van der Waals surface area contributed by atoms with Crippen LogP contribution in [0.1, 0.15) is 5.56 Å². The summed E-state index contributed by atoms with van der Waals surface area (Å²) in [6.45, 7) is 1.42. The number of nitrogens with one attached hydrogen (secondary N) is 1. The second kappa shape index (κ2) is 7.74. The first-order valence-corrected chi connectivity index (χ1v) is 8.19. The molecule has 0 spiro atoms. The lowest BCUT2D eigenvalue weighted by atomic mass is 10.1. The Hall–Kier alpha value is -3.61. The van der Waals surface area contributed by atoms with Gasteiger partial charge in [0.2, 0.25) is 0 Å². The standard InChI is InChI=1S/C20H18N2O5/c1-12-3-8-17-15(9-12)16(22-20(25)21-11-19(23)24)10-18(27-17)13-4-6-14(26-2)7-5-13/h3-10H,11H2,1-2H3,(H,21,25)(H,23,24)/b22-16+. The number of carboxylic acid groups (broad SMARTS) is 1. The molecule has 0 atom stereocenters. The molecule has 0 saturated heterocycles. The topological polar surface area (TPSA) is 101 Å². The molecule has 0 saturated carbocycles. The van der Waals surface area contributed by atoms with Gasteiger partial charge in [0.25, 0.3) is 0 Å². The van der Waals surface area contributed by atoms with E-state index < -0.39 is 18.5 Å². The fourth-order valence-corrected chi connectivity index (χ4v) is 2.57. The van der Waals surface area contributed by atoms with Crippen LogP contribution in [0.4, 0.5) is 4.79 Å². The van der Waals surface area contributed by atoms with Gasteiger partial charge in [0.15, 0.2) is 0 Å². The highest BCUT2D eigenvalue weighted by atomic mass is 16.5. The molecular weight excluding hydrogens is 348 g/mol. The predicted molar refractivity (Wildman–Crippen MR) is 99.5 cm³/mol. The number of rotatable bonds is 4. The summed E-state index contributed by atoms with van der Waals surface area (Å²) in [5, 5.41) is 12.0. The SMILES string of the molecule is COc1ccc(-c2c/c(=N\C(=O)NCC(=O)O)c3cc(C)ccc3o2)cc1. The maximum absolute atomic E-state index is 12.0. The van der Waals surface area contributed by atoms with Gasteiger partial charge in [-0.2, -0.15) is 4.99 Å². The Morgan fingerprint density at radius 1 is 1.15 bits per heavy atom. The van der Waals surface area contributed by atoms with Gasteiger partial charge in [0.05, 0.1) is 12.5 Å². The van der Waals surface area contributed by atoms with Gasteiger partial charge >= 0.3 is 12.0 Å². The van der Waals surface area contributed by atoms with Crippen molar-refractivity contribution in [3.8, 4) is 17.1 Å². The Bertz CT molecular complexity index is 1070. The molecule has 0 radical (unpaired) electrons. The van der Waals surface area contributed by atoms with E-state index in [1.807, 2.05) is 37.3 Å². The number of carbonyl (C=O) groups is 2. The van der Waals surface area contributed by atoms with Crippen LogP contribution in [0.2, 0.25) is 0 Å². The molecule has 0 aliphatic carbocycles. The maximum atomic E-state index is 12.0. The molecule has 3 rings (SSSR count). The van der Waals surface area contributed by atoms with Crippen molar-refractivity contribution >= 4 is 23.0 Å². The summed E-state index contributed by atoms with van der Waals surface area (Å²) in [5.41, 5.74) is 2.34. The lowest BCUT2D eigenvalue weighted by Gasteiger charge is -2.07. The summed E-state index contributed by atoms with van der Waals surface area (Å²) in [5.74, 6) is 0.105. The van der Waals surface area contributed by atoms with Crippen molar-refractivity contribution in [3.63, 3.8) is 0 Å². The molecule has 1 heterocycles. The van der Waals surface area contributed by atoms with Crippen LogP contribution in [0, 0.1) is 6.92 Å². The molecule has 0 bridgehead atoms. The third-order valence-electron chi connectivity index (χ3n) is 3.89. The zero-order valence-electron chi connectivity index (χ0n) is 14.9. The summed E-state index contributed by atoms with van der Waals surface area (Å²) in [4.78, 5) is 26.6. The van der Waals surface area contributed by atoms with Crippen molar-refractivity contribution in [1.82, 2.24) is 5.32 Å². The largest absolute Gasteiger partial charge is 0.497 e. The fraction of sp³-hybridized carbons (Fsp3) is 0.150. The lowest BCUT2D eigenvalue weighted by molar-refractivity contribution is -0.135. The quantitative estimate of drug-likeness (QED) is 0.739. The minimum absolute atomic E-state index is 0.397. The third-order valence-corrected chi connectivity index (χ3v) is 3.89. The molecule has 2 amide bonds. The maximum Gasteiger partial charge on any atom is 0.342 e. The van der Waals surface area contributed by atoms with Crippen LogP contribution in [0.5, 0.6) is 5.75 Å².